The van der Waals surface area contributed by atoms with Crippen molar-refractivity contribution >= 4 is 41.4 Å². The molecule has 3 rings (SSSR count). The lowest BCUT2D eigenvalue weighted by Gasteiger charge is -2.50. The Bertz CT molecular complexity index is 886. The Morgan fingerprint density at radius 1 is 1.13 bits per heavy atom. The Morgan fingerprint density at radius 2 is 1.73 bits per heavy atom. The van der Waals surface area contributed by atoms with E-state index in [1.54, 1.807) is 19.1 Å². The van der Waals surface area contributed by atoms with Crippen LogP contribution in [0.3, 0.4) is 0 Å². The first-order valence-corrected chi connectivity index (χ1v) is 10.4. The molecule has 0 aliphatic carbocycles. The highest BCUT2D eigenvalue weighted by molar-refractivity contribution is 7.98. The summed E-state index contributed by atoms with van der Waals surface area (Å²) in [7, 11) is 0. The van der Waals surface area contributed by atoms with Crippen molar-refractivity contribution in [2.45, 2.75) is 50.6 Å². The normalized spacial score (nSPS) is 22.0. The molecular weight excluding hydrogens is 406 g/mol. The minimum atomic E-state index is -0.950. The molecule has 2 saturated heterocycles. The van der Waals surface area contributed by atoms with E-state index in [4.69, 9.17) is 0 Å². The molecule has 0 bridgehead atoms. The van der Waals surface area contributed by atoms with Crippen molar-refractivity contribution in [3.8, 4) is 0 Å². The van der Waals surface area contributed by atoms with Crippen LogP contribution in [0.15, 0.2) is 42.5 Å². The molecule has 3 unspecified atom stereocenters. The standard InChI is InChI=1S/C21H23N3O5S/c1-12(2)19(13(3)25)23-20(29)18(21(23)30-24-16(27)9-10-17(24)28)22-15(26)11-14-7-5-4-6-8-14/h4-8,18-19,21H,1,9-11H2,2-3H3,(H,22,26). The maximum absolute atomic E-state index is 12.9. The lowest BCUT2D eigenvalue weighted by molar-refractivity contribution is -0.154. The number of hydrogen-bond donors (Lipinski definition) is 1. The molecule has 0 spiro atoms. The van der Waals surface area contributed by atoms with Gasteiger partial charge < -0.3 is 10.2 Å². The van der Waals surface area contributed by atoms with Crippen LogP contribution in [-0.2, 0) is 30.4 Å². The van der Waals surface area contributed by atoms with Crippen molar-refractivity contribution in [3.05, 3.63) is 48.0 Å². The number of ketones is 1. The summed E-state index contributed by atoms with van der Waals surface area (Å²) in [6.45, 7) is 6.78. The van der Waals surface area contributed by atoms with E-state index in [2.05, 4.69) is 11.9 Å². The third-order valence-corrected chi connectivity index (χ3v) is 6.29. The number of imide groups is 1. The van der Waals surface area contributed by atoms with Crippen LogP contribution in [0.5, 0.6) is 0 Å². The van der Waals surface area contributed by atoms with Crippen molar-refractivity contribution in [3.63, 3.8) is 0 Å². The first-order chi connectivity index (χ1) is 14.2. The fourth-order valence-electron chi connectivity index (χ4n) is 3.57. The molecule has 2 heterocycles. The summed E-state index contributed by atoms with van der Waals surface area (Å²) in [5.41, 5.74) is 1.26. The highest BCUT2D eigenvalue weighted by Crippen LogP contribution is 2.38. The summed E-state index contributed by atoms with van der Waals surface area (Å²) < 4.78 is 1.02. The Morgan fingerprint density at radius 3 is 2.27 bits per heavy atom. The van der Waals surface area contributed by atoms with Crippen LogP contribution in [0.2, 0.25) is 0 Å². The van der Waals surface area contributed by atoms with Gasteiger partial charge in [-0.25, -0.2) is 4.31 Å². The molecule has 4 amide bonds. The van der Waals surface area contributed by atoms with Crippen LogP contribution in [-0.4, -0.2) is 56.1 Å². The first-order valence-electron chi connectivity index (χ1n) is 9.54. The Kier molecular flexibility index (Phi) is 6.40. The molecule has 0 saturated carbocycles. The number of rotatable bonds is 8. The molecule has 1 N–H and O–H groups in total. The third-order valence-electron chi connectivity index (χ3n) is 4.95. The number of benzene rings is 1. The SMILES string of the molecule is C=C(C)C(C(C)=O)N1C(=O)C(NC(=O)Cc2ccccc2)C1SN1C(=O)CCC1=O. The smallest absolute Gasteiger partial charge is 0.250 e. The Labute approximate surface area is 178 Å². The topological polar surface area (TPSA) is 104 Å². The summed E-state index contributed by atoms with van der Waals surface area (Å²) in [5, 5.41) is 1.92. The predicted octanol–water partition coefficient (Wildman–Crippen LogP) is 1.21. The van der Waals surface area contributed by atoms with E-state index >= 15 is 0 Å². The molecule has 8 nitrogen and oxygen atoms in total. The predicted molar refractivity (Wildman–Crippen MR) is 111 cm³/mol. The van der Waals surface area contributed by atoms with Gasteiger partial charge >= 0.3 is 0 Å². The molecule has 2 aliphatic heterocycles. The van der Waals surface area contributed by atoms with Gasteiger partial charge in [0.2, 0.25) is 23.6 Å². The van der Waals surface area contributed by atoms with Crippen molar-refractivity contribution in [1.29, 1.82) is 0 Å². The van der Waals surface area contributed by atoms with Gasteiger partial charge in [0, 0.05) is 12.8 Å². The molecule has 158 valence electrons. The number of Topliss-reactive ketones (excluding diaryl/α,β-unsaturated/α-hetero) is 1. The monoisotopic (exact) mass is 429 g/mol. The second-order valence-electron chi connectivity index (χ2n) is 7.39. The summed E-state index contributed by atoms with van der Waals surface area (Å²) in [5.74, 6) is -1.80. The lowest BCUT2D eigenvalue weighted by Crippen LogP contribution is -2.73. The maximum Gasteiger partial charge on any atom is 0.250 e. The molecule has 2 aliphatic rings. The van der Waals surface area contributed by atoms with Gasteiger partial charge in [-0.3, -0.25) is 24.0 Å². The van der Waals surface area contributed by atoms with E-state index in [9.17, 15) is 24.0 Å². The fourth-order valence-corrected chi connectivity index (χ4v) is 4.84. The van der Waals surface area contributed by atoms with Crippen LogP contribution in [0, 0.1) is 0 Å². The van der Waals surface area contributed by atoms with Crippen LogP contribution in [0.4, 0.5) is 0 Å². The molecule has 30 heavy (non-hydrogen) atoms. The van der Waals surface area contributed by atoms with Gasteiger partial charge in [0.25, 0.3) is 0 Å². The lowest BCUT2D eigenvalue weighted by atomic mass is 9.96. The van der Waals surface area contributed by atoms with Crippen molar-refractivity contribution in [1.82, 2.24) is 14.5 Å². The number of nitrogens with zero attached hydrogens (tertiary/aromatic N) is 2. The largest absolute Gasteiger partial charge is 0.341 e. The zero-order valence-corrected chi connectivity index (χ0v) is 17.6. The summed E-state index contributed by atoms with van der Waals surface area (Å²) in [6, 6.07) is 7.23. The van der Waals surface area contributed by atoms with Crippen LogP contribution in [0.1, 0.15) is 32.3 Å². The van der Waals surface area contributed by atoms with Gasteiger partial charge in [0.05, 0.1) is 6.42 Å². The number of hydrogen-bond acceptors (Lipinski definition) is 6. The fraction of sp³-hybridized carbons (Fsp3) is 0.381. The maximum atomic E-state index is 12.9. The van der Waals surface area contributed by atoms with E-state index in [-0.39, 0.29) is 42.8 Å². The number of carbonyl (C=O) groups is 5. The van der Waals surface area contributed by atoms with Crippen LogP contribution < -0.4 is 5.32 Å². The molecule has 1 aromatic carbocycles. The van der Waals surface area contributed by atoms with Crippen molar-refractivity contribution in [2.24, 2.45) is 0 Å². The minimum absolute atomic E-state index is 0.0835. The molecule has 1 aromatic rings. The highest BCUT2D eigenvalue weighted by atomic mass is 32.2. The number of amides is 4. The average Bonchev–Trinajstić information content (AvgIpc) is 3.01. The van der Waals surface area contributed by atoms with Gasteiger partial charge in [0.1, 0.15) is 17.5 Å². The van der Waals surface area contributed by atoms with Crippen LogP contribution >= 0.6 is 11.9 Å². The number of β-lactam (4-membered cyclic amide) rings is 1. The molecule has 0 radical (unpaired) electrons. The zero-order valence-electron chi connectivity index (χ0n) is 16.8. The van der Waals surface area contributed by atoms with Crippen LogP contribution in [0.25, 0.3) is 0 Å². The van der Waals surface area contributed by atoms with Gasteiger partial charge in [0.15, 0.2) is 5.78 Å². The van der Waals surface area contributed by atoms with E-state index in [0.29, 0.717) is 5.57 Å². The molecule has 0 aromatic heterocycles. The van der Waals surface area contributed by atoms with Gasteiger partial charge in [-0.1, -0.05) is 42.5 Å². The van der Waals surface area contributed by atoms with E-state index in [1.165, 1.54) is 11.8 Å². The van der Waals surface area contributed by atoms with Crippen molar-refractivity contribution in [2.75, 3.05) is 0 Å². The average molecular weight is 429 g/mol. The molecule has 9 heteroatoms. The van der Waals surface area contributed by atoms with Gasteiger partial charge in [-0.05, 0) is 31.4 Å². The Balaban J connectivity index is 1.80. The van der Waals surface area contributed by atoms with E-state index in [1.807, 2.05) is 18.2 Å². The van der Waals surface area contributed by atoms with Gasteiger partial charge in [-0.15, -0.1) is 0 Å². The molecule has 2 fully saturated rings. The molecular formula is C21H23N3O5S. The van der Waals surface area contributed by atoms with Gasteiger partial charge in [-0.2, -0.15) is 0 Å². The first kappa shape index (κ1) is 21.8. The van der Waals surface area contributed by atoms with Crippen molar-refractivity contribution < 1.29 is 24.0 Å². The number of nitrogens with one attached hydrogen (secondary N) is 1. The molecule has 3 atom stereocenters. The van der Waals surface area contributed by atoms with E-state index < -0.39 is 23.4 Å². The second-order valence-corrected chi connectivity index (χ2v) is 8.45. The summed E-state index contributed by atoms with van der Waals surface area (Å²) >= 11 is 0.873. The third kappa shape index (κ3) is 4.30. The Hall–Kier alpha value is -2.94. The number of likely N-dealkylation sites (tertiary alicyclic amines) is 1. The number of carbonyl (C=O) groups excluding carboxylic acids is 5. The minimum Gasteiger partial charge on any atom is -0.341 e. The summed E-state index contributed by atoms with van der Waals surface area (Å²) in [4.78, 5) is 62.9. The second kappa shape index (κ2) is 8.83. The summed E-state index contributed by atoms with van der Waals surface area (Å²) in [6.07, 6.45) is 0.294. The quantitative estimate of drug-likeness (QED) is 0.288. The van der Waals surface area contributed by atoms with E-state index in [0.717, 1.165) is 21.8 Å². The highest BCUT2D eigenvalue weighted by Gasteiger charge is 2.54. The zero-order chi connectivity index (χ0) is 22.0.